The monoisotopic (exact) mass is 364 g/mol. The fraction of sp³-hybridized carbons (Fsp3) is 0.611. The molecule has 0 atom stereocenters. The average molecular weight is 364 g/mol. The predicted molar refractivity (Wildman–Crippen MR) is 108 cm³/mol. The summed E-state index contributed by atoms with van der Waals surface area (Å²) in [6.07, 6.45) is 0. The molecule has 0 aliphatic carbocycles. The lowest BCUT2D eigenvalue weighted by Gasteiger charge is -2.30. The van der Waals surface area contributed by atoms with Crippen LogP contribution >= 0.6 is 0 Å². The highest BCUT2D eigenvalue weighted by Gasteiger charge is 2.13. The van der Waals surface area contributed by atoms with Gasteiger partial charge in [0.25, 0.3) is 5.69 Å². The third-order valence-corrected chi connectivity index (χ3v) is 4.05. The van der Waals surface area contributed by atoms with E-state index >= 15 is 0 Å². The predicted octanol–water partition coefficient (Wildman–Crippen LogP) is 2.29. The summed E-state index contributed by atoms with van der Waals surface area (Å²) in [4.78, 5) is 17.2. The molecule has 0 saturated carbocycles. The number of nitrogens with one attached hydrogen (secondary N) is 3. The van der Waals surface area contributed by atoms with Crippen molar-refractivity contribution in [3.8, 4) is 0 Å². The van der Waals surface area contributed by atoms with Gasteiger partial charge in [-0.1, -0.05) is 12.1 Å². The molecule has 0 radical (unpaired) electrons. The Balaban J connectivity index is 2.36. The van der Waals surface area contributed by atoms with Crippen LogP contribution in [0.25, 0.3) is 0 Å². The van der Waals surface area contributed by atoms with Gasteiger partial charge < -0.3 is 16.0 Å². The van der Waals surface area contributed by atoms with Gasteiger partial charge in [0.05, 0.1) is 4.92 Å². The molecule has 0 bridgehead atoms. The Morgan fingerprint density at radius 2 is 1.73 bits per heavy atom. The molecule has 0 saturated heterocycles. The molecule has 1 aromatic carbocycles. The number of nitro groups is 1. The van der Waals surface area contributed by atoms with E-state index in [9.17, 15) is 10.1 Å². The van der Waals surface area contributed by atoms with E-state index in [1.165, 1.54) is 6.07 Å². The van der Waals surface area contributed by atoms with Crippen molar-refractivity contribution < 1.29 is 4.92 Å². The first-order valence-electron chi connectivity index (χ1n) is 9.04. The number of guanidine groups is 1. The topological polar surface area (TPSA) is 94.8 Å². The number of rotatable bonds is 10. The summed E-state index contributed by atoms with van der Waals surface area (Å²) in [5.74, 6) is 0.724. The van der Waals surface area contributed by atoms with Crippen LogP contribution in [0.4, 0.5) is 11.4 Å². The Kier molecular flexibility index (Phi) is 9.43. The summed E-state index contributed by atoms with van der Waals surface area (Å²) in [5.41, 5.74) is 0.601. The summed E-state index contributed by atoms with van der Waals surface area (Å²) in [5, 5.41) is 20.6. The molecule has 0 aliphatic rings. The van der Waals surface area contributed by atoms with Gasteiger partial charge in [-0.3, -0.25) is 20.0 Å². The molecule has 1 aromatic rings. The SMILES string of the molecule is CN=C(NCCNc1ccccc1[N+](=O)[O-])NCCN(C(C)C)C(C)C. The minimum Gasteiger partial charge on any atom is -0.378 e. The molecule has 0 aromatic heterocycles. The van der Waals surface area contributed by atoms with E-state index in [4.69, 9.17) is 0 Å². The first-order valence-corrected chi connectivity index (χ1v) is 9.04. The third-order valence-electron chi connectivity index (χ3n) is 4.05. The van der Waals surface area contributed by atoms with Gasteiger partial charge in [0.15, 0.2) is 5.96 Å². The maximum Gasteiger partial charge on any atom is 0.292 e. The number of anilines is 1. The van der Waals surface area contributed by atoms with Crippen LogP contribution in [0, 0.1) is 10.1 Å². The lowest BCUT2D eigenvalue weighted by Crippen LogP contribution is -2.46. The first kappa shape index (κ1) is 21.7. The van der Waals surface area contributed by atoms with Gasteiger partial charge in [-0.25, -0.2) is 0 Å². The number of benzene rings is 1. The summed E-state index contributed by atoms with van der Waals surface area (Å²) in [6, 6.07) is 7.63. The van der Waals surface area contributed by atoms with Crippen molar-refractivity contribution in [1.82, 2.24) is 15.5 Å². The van der Waals surface area contributed by atoms with Crippen LogP contribution in [-0.2, 0) is 0 Å². The number of hydrogen-bond donors (Lipinski definition) is 3. The Bertz CT molecular complexity index is 581. The summed E-state index contributed by atoms with van der Waals surface area (Å²) in [7, 11) is 1.73. The first-order chi connectivity index (χ1) is 12.4. The second-order valence-corrected chi connectivity index (χ2v) is 6.55. The van der Waals surface area contributed by atoms with E-state index in [0.717, 1.165) is 19.0 Å². The molecule has 0 amide bonds. The second kappa shape index (κ2) is 11.3. The Morgan fingerprint density at radius 1 is 1.12 bits per heavy atom. The van der Waals surface area contributed by atoms with Crippen LogP contribution in [0.5, 0.6) is 0 Å². The van der Waals surface area contributed by atoms with Crippen molar-refractivity contribution >= 4 is 17.3 Å². The van der Waals surface area contributed by atoms with Crippen LogP contribution in [0.15, 0.2) is 29.3 Å². The van der Waals surface area contributed by atoms with Crippen molar-refractivity contribution in [2.24, 2.45) is 4.99 Å². The maximum absolute atomic E-state index is 11.0. The maximum atomic E-state index is 11.0. The molecular formula is C18H32N6O2. The van der Waals surface area contributed by atoms with E-state index in [0.29, 0.717) is 30.9 Å². The van der Waals surface area contributed by atoms with Crippen molar-refractivity contribution in [3.63, 3.8) is 0 Å². The lowest BCUT2D eigenvalue weighted by atomic mass is 10.2. The molecule has 146 valence electrons. The lowest BCUT2D eigenvalue weighted by molar-refractivity contribution is -0.384. The van der Waals surface area contributed by atoms with Crippen LogP contribution in [0.2, 0.25) is 0 Å². The zero-order valence-electron chi connectivity index (χ0n) is 16.5. The highest BCUT2D eigenvalue weighted by molar-refractivity contribution is 5.79. The molecule has 0 spiro atoms. The molecule has 8 heteroatoms. The quantitative estimate of drug-likeness (QED) is 0.194. The van der Waals surface area contributed by atoms with Gasteiger partial charge in [0.1, 0.15) is 5.69 Å². The number of aliphatic imine (C=N–C) groups is 1. The highest BCUT2D eigenvalue weighted by atomic mass is 16.6. The van der Waals surface area contributed by atoms with Crippen molar-refractivity contribution in [1.29, 1.82) is 0 Å². The summed E-state index contributed by atoms with van der Waals surface area (Å²) in [6.45, 7) is 11.7. The van der Waals surface area contributed by atoms with Crippen molar-refractivity contribution in [2.75, 3.05) is 38.5 Å². The number of nitrogens with zero attached hydrogens (tertiary/aromatic N) is 3. The highest BCUT2D eigenvalue weighted by Crippen LogP contribution is 2.22. The Hall–Kier alpha value is -2.35. The van der Waals surface area contributed by atoms with Crippen LogP contribution in [-0.4, -0.2) is 61.1 Å². The average Bonchev–Trinajstić information content (AvgIpc) is 2.59. The van der Waals surface area contributed by atoms with Gasteiger partial charge in [0.2, 0.25) is 0 Å². The molecule has 3 N–H and O–H groups in total. The zero-order chi connectivity index (χ0) is 19.5. The third kappa shape index (κ3) is 7.26. The standard InChI is InChI=1S/C18H32N6O2/c1-14(2)23(15(3)4)13-12-22-18(19-5)21-11-10-20-16-8-6-7-9-17(16)24(25)26/h6-9,14-15,20H,10-13H2,1-5H3,(H2,19,21,22). The molecule has 0 aliphatic heterocycles. The Morgan fingerprint density at radius 3 is 2.31 bits per heavy atom. The molecule has 0 heterocycles. The second-order valence-electron chi connectivity index (χ2n) is 6.55. The molecule has 8 nitrogen and oxygen atoms in total. The van der Waals surface area contributed by atoms with E-state index in [1.807, 2.05) is 0 Å². The summed E-state index contributed by atoms with van der Waals surface area (Å²) < 4.78 is 0. The molecule has 0 unspecified atom stereocenters. The van der Waals surface area contributed by atoms with Crippen molar-refractivity contribution in [3.05, 3.63) is 34.4 Å². The van der Waals surface area contributed by atoms with Crippen LogP contribution < -0.4 is 16.0 Å². The smallest absolute Gasteiger partial charge is 0.292 e. The van der Waals surface area contributed by atoms with Gasteiger partial charge in [-0.2, -0.15) is 0 Å². The minimum absolute atomic E-state index is 0.0810. The fourth-order valence-corrected chi connectivity index (χ4v) is 2.80. The normalized spacial score (nSPS) is 11.9. The van der Waals surface area contributed by atoms with E-state index < -0.39 is 0 Å². The van der Waals surface area contributed by atoms with E-state index in [-0.39, 0.29) is 10.6 Å². The molecular weight excluding hydrogens is 332 g/mol. The van der Waals surface area contributed by atoms with Gasteiger partial charge in [-0.05, 0) is 33.8 Å². The molecule has 0 fully saturated rings. The largest absolute Gasteiger partial charge is 0.378 e. The van der Waals surface area contributed by atoms with E-state index in [1.54, 1.807) is 25.2 Å². The van der Waals surface area contributed by atoms with Gasteiger partial charge >= 0.3 is 0 Å². The van der Waals surface area contributed by atoms with Crippen molar-refractivity contribution in [2.45, 2.75) is 39.8 Å². The number of nitro benzene ring substituents is 1. The molecule has 26 heavy (non-hydrogen) atoms. The number of hydrogen-bond acceptors (Lipinski definition) is 5. The molecule has 1 rings (SSSR count). The Labute approximate surface area is 156 Å². The van der Waals surface area contributed by atoms with Gasteiger partial charge in [-0.15, -0.1) is 0 Å². The van der Waals surface area contributed by atoms with Gasteiger partial charge in [0, 0.05) is 51.4 Å². The fourth-order valence-electron chi connectivity index (χ4n) is 2.80. The van der Waals surface area contributed by atoms with E-state index in [2.05, 4.69) is 53.5 Å². The minimum atomic E-state index is -0.383. The van der Waals surface area contributed by atoms with Crippen LogP contribution in [0.3, 0.4) is 0 Å². The summed E-state index contributed by atoms with van der Waals surface area (Å²) >= 11 is 0. The van der Waals surface area contributed by atoms with Crippen LogP contribution in [0.1, 0.15) is 27.7 Å². The zero-order valence-corrected chi connectivity index (χ0v) is 16.5. The number of para-hydroxylation sites is 2.